The van der Waals surface area contributed by atoms with Gasteiger partial charge in [0.2, 0.25) is 15.9 Å². The molecule has 1 unspecified atom stereocenters. The second-order valence-corrected chi connectivity index (χ2v) is 7.62. The first kappa shape index (κ1) is 16.4. The lowest BCUT2D eigenvalue weighted by atomic mass is 10.2. The van der Waals surface area contributed by atoms with E-state index in [1.54, 1.807) is 0 Å². The molecule has 1 saturated heterocycles. The van der Waals surface area contributed by atoms with Crippen molar-refractivity contribution in [2.24, 2.45) is 0 Å². The van der Waals surface area contributed by atoms with Gasteiger partial charge in [-0.25, -0.2) is 8.42 Å². The van der Waals surface area contributed by atoms with Crippen molar-refractivity contribution < 1.29 is 13.2 Å². The maximum atomic E-state index is 12.2. The largest absolute Gasteiger partial charge is 0.396 e. The van der Waals surface area contributed by atoms with Gasteiger partial charge in [-0.15, -0.1) is 0 Å². The van der Waals surface area contributed by atoms with Crippen LogP contribution in [0.3, 0.4) is 0 Å². The van der Waals surface area contributed by atoms with E-state index in [2.05, 4.69) is 5.32 Å². The summed E-state index contributed by atoms with van der Waals surface area (Å²) in [6.07, 6.45) is 2.22. The van der Waals surface area contributed by atoms with Crippen LogP contribution in [-0.2, 0) is 14.8 Å². The summed E-state index contributed by atoms with van der Waals surface area (Å²) in [5, 5.41) is 3.08. The van der Waals surface area contributed by atoms with Gasteiger partial charge in [-0.05, 0) is 25.0 Å². The molecule has 1 aliphatic heterocycles. The molecular weight excluding hydrogens is 337 g/mol. The van der Waals surface area contributed by atoms with E-state index in [9.17, 15) is 13.2 Å². The first-order chi connectivity index (χ1) is 9.70. The smallest absolute Gasteiger partial charge is 0.242 e. The van der Waals surface area contributed by atoms with Crippen molar-refractivity contribution in [3.63, 3.8) is 0 Å². The number of rotatable bonds is 3. The number of nitrogens with one attached hydrogen (secondary N) is 1. The molecule has 116 valence electrons. The molecule has 9 heteroatoms. The number of benzene rings is 1. The number of nitrogens with zero attached hydrogens (tertiary/aromatic N) is 1. The maximum Gasteiger partial charge on any atom is 0.242 e. The van der Waals surface area contributed by atoms with Crippen molar-refractivity contribution in [2.75, 3.05) is 23.9 Å². The lowest BCUT2D eigenvalue weighted by Gasteiger charge is -2.21. The van der Waals surface area contributed by atoms with Gasteiger partial charge in [0, 0.05) is 12.2 Å². The van der Waals surface area contributed by atoms with Crippen molar-refractivity contribution in [2.45, 2.75) is 18.9 Å². The molecule has 3 N–H and O–H groups in total. The second-order valence-electron chi connectivity index (χ2n) is 4.87. The van der Waals surface area contributed by atoms with Crippen LogP contribution in [-0.4, -0.2) is 37.5 Å². The molecule has 1 fully saturated rings. The molecule has 0 spiro atoms. The highest BCUT2D eigenvalue weighted by Gasteiger charge is 2.36. The van der Waals surface area contributed by atoms with Crippen LogP contribution in [0.15, 0.2) is 12.1 Å². The van der Waals surface area contributed by atoms with Crippen LogP contribution in [0.5, 0.6) is 0 Å². The van der Waals surface area contributed by atoms with E-state index in [0.29, 0.717) is 25.1 Å². The monoisotopic (exact) mass is 351 g/mol. The fourth-order valence-corrected chi connectivity index (χ4v) is 3.89. The number of nitrogens with two attached hydrogens (primary N) is 1. The molecule has 6 nitrogen and oxygen atoms in total. The normalized spacial score (nSPS) is 19.7. The van der Waals surface area contributed by atoms with Crippen LogP contribution in [0.1, 0.15) is 12.8 Å². The summed E-state index contributed by atoms with van der Waals surface area (Å²) in [4.78, 5) is 12.2. The Kier molecular flexibility index (Phi) is 4.67. The first-order valence-corrected chi connectivity index (χ1v) is 8.83. The molecule has 1 amide bonds. The number of sulfonamides is 1. The Balaban J connectivity index is 2.18. The second kappa shape index (κ2) is 6.00. The Bertz CT molecular complexity index is 655. The van der Waals surface area contributed by atoms with Gasteiger partial charge in [0.05, 0.1) is 22.0 Å². The minimum Gasteiger partial charge on any atom is -0.396 e. The summed E-state index contributed by atoms with van der Waals surface area (Å²) >= 11 is 11.8. The number of carbonyl (C=O) groups is 1. The van der Waals surface area contributed by atoms with Crippen LogP contribution in [0, 0.1) is 0 Å². The van der Waals surface area contributed by atoms with Gasteiger partial charge in [-0.2, -0.15) is 4.31 Å². The average Bonchev–Trinajstić information content (AvgIpc) is 2.84. The van der Waals surface area contributed by atoms with E-state index in [0.717, 1.165) is 6.26 Å². The van der Waals surface area contributed by atoms with E-state index < -0.39 is 22.0 Å². The molecule has 21 heavy (non-hydrogen) atoms. The topological polar surface area (TPSA) is 92.5 Å². The molecule has 0 saturated carbocycles. The Morgan fingerprint density at radius 2 is 1.95 bits per heavy atom. The van der Waals surface area contributed by atoms with Gasteiger partial charge in [0.1, 0.15) is 6.04 Å². The van der Waals surface area contributed by atoms with Crippen molar-refractivity contribution in [1.82, 2.24) is 4.31 Å². The summed E-state index contributed by atoms with van der Waals surface area (Å²) in [7, 11) is -3.41. The molecule has 1 aromatic rings. The standard InChI is InChI=1S/C12H15Cl2N3O3S/c1-21(19,20)17-4-2-3-10(17)12(18)16-7-5-8(13)11(15)9(14)6-7/h5-6,10H,2-4,15H2,1H3,(H,16,18). The van der Waals surface area contributed by atoms with E-state index in [1.807, 2.05) is 0 Å². The number of halogens is 2. The first-order valence-electron chi connectivity index (χ1n) is 6.22. The van der Waals surface area contributed by atoms with Crippen LogP contribution in [0.2, 0.25) is 10.0 Å². The quantitative estimate of drug-likeness (QED) is 0.813. The fourth-order valence-electron chi connectivity index (χ4n) is 2.28. The minimum absolute atomic E-state index is 0.226. The molecule has 1 aliphatic rings. The number of hydrogen-bond donors (Lipinski definition) is 2. The van der Waals surface area contributed by atoms with Crippen molar-refractivity contribution >= 4 is 50.5 Å². The highest BCUT2D eigenvalue weighted by atomic mass is 35.5. The van der Waals surface area contributed by atoms with Crippen molar-refractivity contribution in [1.29, 1.82) is 0 Å². The van der Waals surface area contributed by atoms with Crippen LogP contribution in [0.4, 0.5) is 11.4 Å². The lowest BCUT2D eigenvalue weighted by Crippen LogP contribution is -2.42. The minimum atomic E-state index is -3.41. The molecule has 1 heterocycles. The molecule has 2 rings (SSSR count). The third-order valence-corrected chi connectivity index (χ3v) is 5.19. The summed E-state index contributed by atoms with van der Waals surface area (Å²) in [5.41, 5.74) is 6.23. The predicted molar refractivity (Wildman–Crippen MR) is 84.1 cm³/mol. The molecule has 0 radical (unpaired) electrons. The molecule has 0 aliphatic carbocycles. The van der Waals surface area contributed by atoms with Crippen molar-refractivity contribution in [3.8, 4) is 0 Å². The summed E-state index contributed by atoms with van der Waals surface area (Å²) < 4.78 is 24.5. The van der Waals surface area contributed by atoms with Gasteiger partial charge < -0.3 is 11.1 Å². The molecule has 0 aromatic heterocycles. The lowest BCUT2D eigenvalue weighted by molar-refractivity contribution is -0.119. The Labute approximate surface area is 133 Å². The third kappa shape index (κ3) is 3.60. The van der Waals surface area contributed by atoms with E-state index in [1.165, 1.54) is 16.4 Å². The van der Waals surface area contributed by atoms with Gasteiger partial charge in [-0.1, -0.05) is 23.2 Å². The number of hydrogen-bond acceptors (Lipinski definition) is 4. The summed E-state index contributed by atoms with van der Waals surface area (Å²) in [5.74, 6) is -0.408. The zero-order chi connectivity index (χ0) is 15.8. The maximum absolute atomic E-state index is 12.2. The van der Waals surface area contributed by atoms with Gasteiger partial charge in [-0.3, -0.25) is 4.79 Å². The third-order valence-electron chi connectivity index (χ3n) is 3.28. The Hall–Kier alpha value is -1.02. The molecule has 1 aromatic carbocycles. The molecule has 0 bridgehead atoms. The number of carbonyl (C=O) groups excluding carboxylic acids is 1. The number of amides is 1. The number of nitrogen functional groups attached to an aromatic ring is 1. The highest BCUT2D eigenvalue weighted by Crippen LogP contribution is 2.31. The molecular formula is C12H15Cl2N3O3S. The van der Waals surface area contributed by atoms with Gasteiger partial charge >= 0.3 is 0 Å². The van der Waals surface area contributed by atoms with Crippen LogP contribution in [0.25, 0.3) is 0 Å². The number of anilines is 2. The van der Waals surface area contributed by atoms with Crippen LogP contribution < -0.4 is 11.1 Å². The zero-order valence-electron chi connectivity index (χ0n) is 11.3. The molecule has 1 atom stereocenters. The zero-order valence-corrected chi connectivity index (χ0v) is 13.6. The van der Waals surface area contributed by atoms with Gasteiger partial charge in [0.15, 0.2) is 0 Å². The Morgan fingerprint density at radius 1 is 1.38 bits per heavy atom. The van der Waals surface area contributed by atoms with E-state index >= 15 is 0 Å². The SMILES string of the molecule is CS(=O)(=O)N1CCCC1C(=O)Nc1cc(Cl)c(N)c(Cl)c1. The van der Waals surface area contributed by atoms with Crippen LogP contribution >= 0.6 is 23.2 Å². The summed E-state index contributed by atoms with van der Waals surface area (Å²) in [6, 6.07) is 2.23. The summed E-state index contributed by atoms with van der Waals surface area (Å²) in [6.45, 7) is 0.347. The fraction of sp³-hybridized carbons (Fsp3) is 0.417. The van der Waals surface area contributed by atoms with Gasteiger partial charge in [0.25, 0.3) is 0 Å². The average molecular weight is 352 g/mol. The Morgan fingerprint density at radius 3 is 2.48 bits per heavy atom. The van der Waals surface area contributed by atoms with E-state index in [4.69, 9.17) is 28.9 Å². The highest BCUT2D eigenvalue weighted by molar-refractivity contribution is 7.88. The van der Waals surface area contributed by atoms with E-state index in [-0.39, 0.29) is 15.7 Å². The predicted octanol–water partition coefficient (Wildman–Crippen LogP) is 1.94. The van der Waals surface area contributed by atoms with Crippen molar-refractivity contribution in [3.05, 3.63) is 22.2 Å².